The van der Waals surface area contributed by atoms with Crippen LogP contribution in [0.5, 0.6) is 0 Å². The van der Waals surface area contributed by atoms with E-state index in [1.54, 1.807) is 5.57 Å². The van der Waals surface area contributed by atoms with E-state index in [0.29, 0.717) is 17.9 Å². The highest BCUT2D eigenvalue weighted by atomic mass is 15.1. The zero-order chi connectivity index (χ0) is 15.5. The summed E-state index contributed by atoms with van der Waals surface area (Å²) in [7, 11) is 4.39. The van der Waals surface area contributed by atoms with Gasteiger partial charge < -0.3 is 10.3 Å². The van der Waals surface area contributed by atoms with Gasteiger partial charge in [-0.05, 0) is 62.7 Å². The third-order valence-electron chi connectivity index (χ3n) is 5.38. The van der Waals surface area contributed by atoms with Crippen LogP contribution in [0.3, 0.4) is 0 Å². The fourth-order valence-electron chi connectivity index (χ4n) is 4.12. The van der Waals surface area contributed by atoms with E-state index in [4.69, 9.17) is 5.41 Å². The number of hydrogen-bond donors (Lipinski definition) is 1. The molecule has 1 N–H and O–H groups in total. The van der Waals surface area contributed by atoms with Crippen molar-refractivity contribution in [3.05, 3.63) is 59.2 Å². The summed E-state index contributed by atoms with van der Waals surface area (Å²) in [5.74, 6) is 1.16. The van der Waals surface area contributed by atoms with Crippen LogP contribution in [0, 0.1) is 11.3 Å². The second-order valence-corrected chi connectivity index (χ2v) is 6.79. The van der Waals surface area contributed by atoms with E-state index in [1.807, 2.05) is 6.07 Å². The predicted octanol–water partition coefficient (Wildman–Crippen LogP) is 4.38. The minimum absolute atomic E-state index is 0.532. The lowest BCUT2D eigenvalue weighted by atomic mass is 9.69. The predicted molar refractivity (Wildman–Crippen MR) is 93.7 cm³/mol. The van der Waals surface area contributed by atoms with Gasteiger partial charge in [-0.2, -0.15) is 0 Å². The van der Waals surface area contributed by atoms with E-state index in [-0.39, 0.29) is 0 Å². The molecular formula is C20H26N2. The quantitative estimate of drug-likeness (QED) is 0.820. The molecule has 3 unspecified atom stereocenters. The van der Waals surface area contributed by atoms with Gasteiger partial charge in [0.15, 0.2) is 0 Å². The fraction of sp³-hybridized carbons (Fsp3) is 0.450. The van der Waals surface area contributed by atoms with Crippen molar-refractivity contribution in [1.29, 1.82) is 5.41 Å². The molecule has 2 nitrogen and oxygen atoms in total. The number of hydrogen-bond acceptors (Lipinski definition) is 2. The van der Waals surface area contributed by atoms with Crippen LogP contribution in [0.1, 0.15) is 42.7 Å². The molecule has 2 aliphatic rings. The minimum Gasteiger partial charge on any atom is -0.308 e. The molecule has 1 aromatic carbocycles. The van der Waals surface area contributed by atoms with Crippen LogP contribution in [-0.2, 0) is 0 Å². The van der Waals surface area contributed by atoms with E-state index in [0.717, 1.165) is 12.0 Å². The fourth-order valence-corrected chi connectivity index (χ4v) is 4.12. The van der Waals surface area contributed by atoms with Crippen LogP contribution >= 0.6 is 0 Å². The number of nitrogens with one attached hydrogen (secondary N) is 1. The summed E-state index contributed by atoms with van der Waals surface area (Å²) in [6, 6.07) is 9.13. The third-order valence-corrected chi connectivity index (χ3v) is 5.38. The SMILES string of the molecule is CN(C)C1CCC(C2=CC=CC2)C(c2ccccc2C=N)C1. The molecule has 0 aliphatic heterocycles. The summed E-state index contributed by atoms with van der Waals surface area (Å²) in [4.78, 5) is 2.37. The summed E-state index contributed by atoms with van der Waals surface area (Å²) in [5.41, 5.74) is 4.03. The molecule has 3 rings (SSSR count). The Morgan fingerprint density at radius 2 is 1.95 bits per heavy atom. The molecule has 0 heterocycles. The molecule has 2 heteroatoms. The van der Waals surface area contributed by atoms with Gasteiger partial charge >= 0.3 is 0 Å². The van der Waals surface area contributed by atoms with Gasteiger partial charge in [-0.25, -0.2) is 0 Å². The van der Waals surface area contributed by atoms with E-state index in [9.17, 15) is 0 Å². The highest BCUT2D eigenvalue weighted by Gasteiger charge is 2.35. The van der Waals surface area contributed by atoms with Crippen molar-refractivity contribution in [1.82, 2.24) is 4.90 Å². The van der Waals surface area contributed by atoms with Crippen molar-refractivity contribution >= 4 is 6.21 Å². The maximum Gasteiger partial charge on any atom is 0.0253 e. The molecule has 0 aromatic heterocycles. The Bertz CT molecular complexity index is 597. The highest BCUT2D eigenvalue weighted by Crippen LogP contribution is 2.45. The number of rotatable bonds is 4. The monoisotopic (exact) mass is 294 g/mol. The smallest absolute Gasteiger partial charge is 0.0253 e. The average Bonchev–Trinajstić information content (AvgIpc) is 3.08. The molecule has 3 atom stereocenters. The van der Waals surface area contributed by atoms with E-state index < -0.39 is 0 Å². The van der Waals surface area contributed by atoms with Gasteiger partial charge in [0.1, 0.15) is 0 Å². The van der Waals surface area contributed by atoms with Crippen LogP contribution in [0.4, 0.5) is 0 Å². The van der Waals surface area contributed by atoms with Crippen LogP contribution < -0.4 is 0 Å². The van der Waals surface area contributed by atoms with Crippen LogP contribution in [0.15, 0.2) is 48.1 Å². The summed E-state index contributed by atoms with van der Waals surface area (Å²) >= 11 is 0. The third kappa shape index (κ3) is 2.93. The molecule has 0 saturated heterocycles. The second kappa shape index (κ2) is 6.62. The van der Waals surface area contributed by atoms with Crippen molar-refractivity contribution in [2.75, 3.05) is 14.1 Å². The first-order valence-corrected chi connectivity index (χ1v) is 8.32. The van der Waals surface area contributed by atoms with Gasteiger partial charge in [0, 0.05) is 12.3 Å². The van der Waals surface area contributed by atoms with Gasteiger partial charge in [-0.15, -0.1) is 0 Å². The maximum absolute atomic E-state index is 7.75. The normalized spacial score (nSPS) is 28.0. The molecular weight excluding hydrogens is 268 g/mol. The van der Waals surface area contributed by atoms with E-state index in [1.165, 1.54) is 31.0 Å². The molecule has 0 amide bonds. The number of allylic oxidation sites excluding steroid dienone is 4. The van der Waals surface area contributed by atoms with Crippen LogP contribution in [0.2, 0.25) is 0 Å². The molecule has 0 spiro atoms. The first kappa shape index (κ1) is 15.2. The Hall–Kier alpha value is -1.67. The first-order chi connectivity index (χ1) is 10.7. The zero-order valence-corrected chi connectivity index (χ0v) is 13.6. The Labute approximate surface area is 134 Å². The Balaban J connectivity index is 1.94. The average molecular weight is 294 g/mol. The molecule has 116 valence electrons. The number of nitrogens with zero attached hydrogens (tertiary/aromatic N) is 1. The lowest BCUT2D eigenvalue weighted by molar-refractivity contribution is 0.184. The van der Waals surface area contributed by atoms with Gasteiger partial charge in [0.25, 0.3) is 0 Å². The molecule has 2 aliphatic carbocycles. The molecule has 0 radical (unpaired) electrons. The Morgan fingerprint density at radius 1 is 1.14 bits per heavy atom. The van der Waals surface area contributed by atoms with Crippen LogP contribution in [-0.4, -0.2) is 31.3 Å². The zero-order valence-electron chi connectivity index (χ0n) is 13.6. The summed E-state index contributed by atoms with van der Waals surface area (Å²) in [5, 5.41) is 7.75. The molecule has 1 aromatic rings. The van der Waals surface area contributed by atoms with Crippen molar-refractivity contribution in [2.45, 2.75) is 37.6 Å². The van der Waals surface area contributed by atoms with E-state index in [2.05, 4.69) is 55.4 Å². The molecule has 1 saturated carbocycles. The van der Waals surface area contributed by atoms with Gasteiger partial charge in [-0.3, -0.25) is 0 Å². The molecule has 1 fully saturated rings. The van der Waals surface area contributed by atoms with Crippen molar-refractivity contribution in [3.63, 3.8) is 0 Å². The van der Waals surface area contributed by atoms with Gasteiger partial charge in [0.05, 0.1) is 0 Å². The topological polar surface area (TPSA) is 27.1 Å². The first-order valence-electron chi connectivity index (χ1n) is 8.32. The molecule has 0 bridgehead atoms. The van der Waals surface area contributed by atoms with Crippen molar-refractivity contribution in [2.24, 2.45) is 5.92 Å². The standard InChI is InChI=1S/C20H26N2/c1-22(2)17-11-12-19(15-7-3-4-8-15)20(13-17)18-10-6-5-9-16(18)14-21/h3-7,9-10,14,17,19-21H,8,11-13H2,1-2H3. The molecule has 22 heavy (non-hydrogen) atoms. The second-order valence-electron chi connectivity index (χ2n) is 6.79. The van der Waals surface area contributed by atoms with Gasteiger partial charge in [0.2, 0.25) is 0 Å². The summed E-state index contributed by atoms with van der Waals surface area (Å²) in [6.07, 6.45) is 13.2. The Kier molecular flexibility index (Phi) is 4.58. The summed E-state index contributed by atoms with van der Waals surface area (Å²) < 4.78 is 0. The van der Waals surface area contributed by atoms with Crippen LogP contribution in [0.25, 0.3) is 0 Å². The lowest BCUT2D eigenvalue weighted by Crippen LogP contribution is -2.36. The highest BCUT2D eigenvalue weighted by molar-refractivity contribution is 5.79. The van der Waals surface area contributed by atoms with Gasteiger partial charge in [-0.1, -0.05) is 48.1 Å². The number of benzene rings is 1. The lowest BCUT2D eigenvalue weighted by Gasteiger charge is -2.40. The Morgan fingerprint density at radius 3 is 2.64 bits per heavy atom. The largest absolute Gasteiger partial charge is 0.308 e. The van der Waals surface area contributed by atoms with Crippen molar-refractivity contribution < 1.29 is 0 Å². The van der Waals surface area contributed by atoms with Crippen molar-refractivity contribution in [3.8, 4) is 0 Å². The maximum atomic E-state index is 7.75. The summed E-state index contributed by atoms with van der Waals surface area (Å²) in [6.45, 7) is 0. The van der Waals surface area contributed by atoms with E-state index >= 15 is 0 Å². The minimum atomic E-state index is 0.532.